The van der Waals surface area contributed by atoms with Crippen LogP contribution in [0.25, 0.3) is 0 Å². The number of carbonyl (C=O) groups is 1. The number of esters is 1. The van der Waals surface area contributed by atoms with Crippen LogP contribution in [0.3, 0.4) is 0 Å². The summed E-state index contributed by atoms with van der Waals surface area (Å²) in [5.74, 6) is 0.693. The second-order valence-electron chi connectivity index (χ2n) is 6.30. The first-order valence-electron chi connectivity index (χ1n) is 7.77. The van der Waals surface area contributed by atoms with E-state index in [0.29, 0.717) is 34.4 Å². The van der Waals surface area contributed by atoms with Gasteiger partial charge in [-0.15, -0.1) is 0 Å². The Bertz CT molecular complexity index is 590. The summed E-state index contributed by atoms with van der Waals surface area (Å²) in [5, 5.41) is 0. The SMILES string of the molecule is CC(C)CC(C(=O)OCCCn1ccc(=S)[nH]c1=S)C(C)C. The van der Waals surface area contributed by atoms with Crippen molar-refractivity contribution >= 4 is 30.4 Å². The maximum atomic E-state index is 12.2. The van der Waals surface area contributed by atoms with Crippen LogP contribution >= 0.6 is 24.4 Å². The lowest BCUT2D eigenvalue weighted by Crippen LogP contribution is -2.25. The molecule has 124 valence electrons. The maximum Gasteiger partial charge on any atom is 0.309 e. The van der Waals surface area contributed by atoms with Gasteiger partial charge in [-0.05, 0) is 43.0 Å². The minimum Gasteiger partial charge on any atom is -0.465 e. The lowest BCUT2D eigenvalue weighted by Gasteiger charge is -2.21. The molecule has 0 saturated carbocycles. The lowest BCUT2D eigenvalue weighted by molar-refractivity contribution is -0.151. The zero-order valence-corrected chi connectivity index (χ0v) is 15.4. The minimum absolute atomic E-state index is 0.0185. The molecule has 1 rings (SSSR count). The smallest absolute Gasteiger partial charge is 0.309 e. The Labute approximate surface area is 142 Å². The zero-order valence-electron chi connectivity index (χ0n) is 13.8. The fraction of sp³-hybridized carbons (Fsp3) is 0.688. The number of aromatic amines is 1. The summed E-state index contributed by atoms with van der Waals surface area (Å²) in [4.78, 5) is 15.1. The molecule has 1 aromatic heterocycles. The van der Waals surface area contributed by atoms with Gasteiger partial charge in [0.15, 0.2) is 4.77 Å². The number of rotatable bonds is 8. The van der Waals surface area contributed by atoms with Crippen molar-refractivity contribution in [2.45, 2.75) is 47.1 Å². The van der Waals surface area contributed by atoms with Crippen molar-refractivity contribution < 1.29 is 9.53 Å². The van der Waals surface area contributed by atoms with Gasteiger partial charge in [-0.1, -0.05) is 39.9 Å². The van der Waals surface area contributed by atoms with Gasteiger partial charge in [-0.2, -0.15) is 0 Å². The predicted octanol–water partition coefficient (Wildman–Crippen LogP) is 4.53. The minimum atomic E-state index is -0.0836. The van der Waals surface area contributed by atoms with Gasteiger partial charge < -0.3 is 14.3 Å². The molecule has 0 radical (unpaired) electrons. The highest BCUT2D eigenvalue weighted by atomic mass is 32.1. The molecule has 1 unspecified atom stereocenters. The van der Waals surface area contributed by atoms with E-state index >= 15 is 0 Å². The Kier molecular flexibility index (Phi) is 7.96. The number of carbonyl (C=O) groups excluding carboxylic acids is 1. The second kappa shape index (κ2) is 9.20. The molecule has 0 bridgehead atoms. The molecule has 0 fully saturated rings. The number of hydrogen-bond donors (Lipinski definition) is 1. The van der Waals surface area contributed by atoms with Gasteiger partial charge in [0.2, 0.25) is 0 Å². The largest absolute Gasteiger partial charge is 0.465 e. The van der Waals surface area contributed by atoms with E-state index in [1.165, 1.54) is 0 Å². The van der Waals surface area contributed by atoms with Crippen LogP contribution in [0.15, 0.2) is 12.3 Å². The van der Waals surface area contributed by atoms with Crippen LogP contribution < -0.4 is 0 Å². The number of hydrogen-bond acceptors (Lipinski definition) is 4. The number of ether oxygens (including phenoxy) is 1. The normalized spacial score (nSPS) is 12.6. The van der Waals surface area contributed by atoms with Crippen molar-refractivity contribution in [3.05, 3.63) is 21.7 Å². The van der Waals surface area contributed by atoms with Crippen molar-refractivity contribution in [1.82, 2.24) is 9.55 Å². The van der Waals surface area contributed by atoms with E-state index in [2.05, 4.69) is 32.7 Å². The van der Waals surface area contributed by atoms with E-state index in [9.17, 15) is 4.79 Å². The molecular weight excluding hydrogens is 316 g/mol. The molecule has 4 nitrogen and oxygen atoms in total. The number of nitrogens with one attached hydrogen (secondary N) is 1. The molecule has 1 aromatic rings. The van der Waals surface area contributed by atoms with E-state index in [0.717, 1.165) is 12.8 Å². The van der Waals surface area contributed by atoms with Crippen molar-refractivity contribution in [2.75, 3.05) is 6.61 Å². The van der Waals surface area contributed by atoms with Crippen molar-refractivity contribution in [3.8, 4) is 0 Å². The van der Waals surface area contributed by atoms with Gasteiger partial charge in [0.1, 0.15) is 4.64 Å². The third kappa shape index (κ3) is 6.40. The summed E-state index contributed by atoms with van der Waals surface area (Å²) in [6.07, 6.45) is 3.46. The van der Waals surface area contributed by atoms with Gasteiger partial charge in [0.25, 0.3) is 0 Å². The quantitative estimate of drug-likeness (QED) is 0.428. The Morgan fingerprint density at radius 1 is 1.32 bits per heavy atom. The number of aromatic nitrogens is 2. The summed E-state index contributed by atoms with van der Waals surface area (Å²) in [6.45, 7) is 9.51. The maximum absolute atomic E-state index is 12.2. The van der Waals surface area contributed by atoms with E-state index in [-0.39, 0.29) is 11.9 Å². The molecule has 0 aliphatic rings. The molecule has 22 heavy (non-hydrogen) atoms. The molecule has 0 amide bonds. The number of nitrogens with zero attached hydrogens (tertiary/aromatic N) is 1. The topological polar surface area (TPSA) is 47.0 Å². The van der Waals surface area contributed by atoms with Crippen LogP contribution in [0.2, 0.25) is 0 Å². The average Bonchev–Trinajstić information content (AvgIpc) is 2.42. The number of aryl methyl sites for hydroxylation is 1. The first-order chi connectivity index (χ1) is 10.3. The first kappa shape index (κ1) is 19.0. The second-order valence-corrected chi connectivity index (χ2v) is 7.13. The molecule has 0 aliphatic heterocycles. The third-order valence-corrected chi connectivity index (χ3v) is 4.09. The van der Waals surface area contributed by atoms with Crippen LogP contribution in [0.5, 0.6) is 0 Å². The summed E-state index contributed by atoms with van der Waals surface area (Å²) < 4.78 is 8.55. The summed E-state index contributed by atoms with van der Waals surface area (Å²) in [7, 11) is 0. The lowest BCUT2D eigenvalue weighted by atomic mass is 9.88. The Morgan fingerprint density at radius 3 is 2.55 bits per heavy atom. The monoisotopic (exact) mass is 342 g/mol. The molecule has 1 N–H and O–H groups in total. The van der Waals surface area contributed by atoms with Crippen molar-refractivity contribution in [2.24, 2.45) is 17.8 Å². The summed E-state index contributed by atoms with van der Waals surface area (Å²) in [5.41, 5.74) is 0. The van der Waals surface area contributed by atoms with E-state index < -0.39 is 0 Å². The van der Waals surface area contributed by atoms with Gasteiger partial charge in [-0.25, -0.2) is 0 Å². The summed E-state index contributed by atoms with van der Waals surface area (Å²) >= 11 is 10.2. The van der Waals surface area contributed by atoms with Crippen LogP contribution in [-0.2, 0) is 16.1 Å². The molecule has 6 heteroatoms. The highest BCUT2D eigenvalue weighted by Crippen LogP contribution is 2.21. The Balaban J connectivity index is 2.44. The Morgan fingerprint density at radius 2 is 2.00 bits per heavy atom. The van der Waals surface area contributed by atoms with E-state index in [1.54, 1.807) is 6.07 Å². The van der Waals surface area contributed by atoms with Crippen molar-refractivity contribution in [3.63, 3.8) is 0 Å². The Hall–Kier alpha value is -1.01. The first-order valence-corrected chi connectivity index (χ1v) is 8.59. The van der Waals surface area contributed by atoms with Gasteiger partial charge in [0, 0.05) is 12.7 Å². The van der Waals surface area contributed by atoms with Crippen LogP contribution in [0.4, 0.5) is 0 Å². The number of H-pyrrole nitrogens is 1. The van der Waals surface area contributed by atoms with Gasteiger partial charge in [0.05, 0.1) is 12.5 Å². The highest BCUT2D eigenvalue weighted by molar-refractivity contribution is 7.72. The molecule has 1 heterocycles. The fourth-order valence-corrected chi connectivity index (χ4v) is 2.77. The van der Waals surface area contributed by atoms with Crippen LogP contribution in [0.1, 0.15) is 40.5 Å². The summed E-state index contributed by atoms with van der Waals surface area (Å²) in [6, 6.07) is 1.80. The van der Waals surface area contributed by atoms with Crippen molar-refractivity contribution in [1.29, 1.82) is 0 Å². The predicted molar refractivity (Wildman–Crippen MR) is 93.8 cm³/mol. The van der Waals surface area contributed by atoms with Gasteiger partial charge >= 0.3 is 5.97 Å². The third-order valence-electron chi connectivity index (χ3n) is 3.52. The van der Waals surface area contributed by atoms with E-state index in [1.807, 2.05) is 10.8 Å². The van der Waals surface area contributed by atoms with Crippen LogP contribution in [-0.4, -0.2) is 22.1 Å². The average molecular weight is 343 g/mol. The molecule has 0 saturated heterocycles. The molecular formula is C16H26N2O2S2. The fourth-order valence-electron chi connectivity index (χ4n) is 2.28. The van der Waals surface area contributed by atoms with Gasteiger partial charge in [-0.3, -0.25) is 4.79 Å². The van der Waals surface area contributed by atoms with Crippen LogP contribution in [0, 0.1) is 27.2 Å². The highest BCUT2D eigenvalue weighted by Gasteiger charge is 2.24. The molecule has 0 aliphatic carbocycles. The van der Waals surface area contributed by atoms with E-state index in [4.69, 9.17) is 29.2 Å². The molecule has 1 atom stereocenters. The molecule has 0 spiro atoms. The molecule has 0 aromatic carbocycles. The zero-order chi connectivity index (χ0) is 16.7. The standard InChI is InChI=1S/C16H26N2O2S2/c1-11(2)10-13(12(3)4)15(19)20-9-5-7-18-8-6-14(21)17-16(18)22/h6,8,11-13H,5,7,9-10H2,1-4H3,(H,17,21,22).